The molecule has 0 fully saturated rings. The fraction of sp³-hybridized carbons (Fsp3) is 0.250. The molecule has 0 bridgehead atoms. The van der Waals surface area contributed by atoms with Crippen molar-refractivity contribution < 1.29 is 0 Å². The van der Waals surface area contributed by atoms with Gasteiger partial charge in [0.2, 0.25) is 0 Å². The maximum absolute atomic E-state index is 3.19. The van der Waals surface area contributed by atoms with Crippen LogP contribution in [0.3, 0.4) is 0 Å². The molecule has 0 aliphatic carbocycles. The van der Waals surface area contributed by atoms with E-state index in [0.717, 1.165) is 17.7 Å². The Morgan fingerprint density at radius 3 is 2.47 bits per heavy atom. The highest BCUT2D eigenvalue weighted by molar-refractivity contribution is 5.45. The first-order chi connectivity index (χ1) is 8.25. The van der Waals surface area contributed by atoms with Crippen molar-refractivity contribution >= 4 is 0 Å². The summed E-state index contributed by atoms with van der Waals surface area (Å²) in [5.74, 6) is 6.37. The van der Waals surface area contributed by atoms with Crippen molar-refractivity contribution in [2.75, 3.05) is 6.54 Å². The molecule has 0 saturated heterocycles. The predicted molar refractivity (Wildman–Crippen MR) is 72.4 cm³/mol. The van der Waals surface area contributed by atoms with Gasteiger partial charge in [0.25, 0.3) is 0 Å². The van der Waals surface area contributed by atoms with Gasteiger partial charge in [0.15, 0.2) is 0 Å². The Morgan fingerprint density at radius 2 is 1.88 bits per heavy atom. The zero-order valence-corrected chi connectivity index (χ0v) is 10.4. The van der Waals surface area contributed by atoms with Crippen LogP contribution in [0.25, 0.3) is 0 Å². The second-order valence-electron chi connectivity index (χ2n) is 4.38. The molecule has 0 unspecified atom stereocenters. The van der Waals surface area contributed by atoms with Crippen LogP contribution in [-0.4, -0.2) is 17.5 Å². The Bertz CT molecular complexity index is 483. The topological polar surface area (TPSA) is 3.24 Å². The summed E-state index contributed by atoms with van der Waals surface area (Å²) in [5.41, 5.74) is 2.17. The lowest BCUT2D eigenvalue weighted by Crippen LogP contribution is -2.27. The van der Waals surface area contributed by atoms with Gasteiger partial charge in [0.1, 0.15) is 0 Å². The predicted octanol–water partition coefficient (Wildman–Crippen LogP) is 3.20. The van der Waals surface area contributed by atoms with E-state index in [9.17, 15) is 0 Å². The molecule has 1 aliphatic rings. The van der Waals surface area contributed by atoms with Crippen molar-refractivity contribution in [1.82, 2.24) is 4.90 Å². The standard InChI is InChI=1S/C16H17N/c1-14(2)17-12-10-16(11-13-17)9-8-15-6-4-3-5-7-15/h3-7,10-12,14H,13H2,1-2H3. The average Bonchev–Trinajstić information content (AvgIpc) is 2.38. The number of benzene rings is 1. The van der Waals surface area contributed by atoms with Crippen LogP contribution in [0.2, 0.25) is 0 Å². The zero-order chi connectivity index (χ0) is 12.1. The lowest BCUT2D eigenvalue weighted by atomic mass is 10.1. The molecule has 1 heterocycles. The molecule has 1 aromatic rings. The average molecular weight is 223 g/mol. The second-order valence-corrected chi connectivity index (χ2v) is 4.38. The third-order valence-electron chi connectivity index (χ3n) is 2.76. The molecular weight excluding hydrogens is 206 g/mol. The Labute approximate surface area is 103 Å². The quantitative estimate of drug-likeness (QED) is 0.661. The van der Waals surface area contributed by atoms with Gasteiger partial charge >= 0.3 is 0 Å². The smallest absolute Gasteiger partial charge is 0.0371 e. The Morgan fingerprint density at radius 1 is 1.12 bits per heavy atom. The van der Waals surface area contributed by atoms with Gasteiger partial charge in [-0.3, -0.25) is 0 Å². The van der Waals surface area contributed by atoms with Gasteiger partial charge in [0, 0.05) is 29.9 Å². The van der Waals surface area contributed by atoms with Crippen LogP contribution < -0.4 is 0 Å². The monoisotopic (exact) mass is 223 g/mol. The number of rotatable bonds is 1. The molecule has 0 N–H and O–H groups in total. The Hall–Kier alpha value is -1.94. The fourth-order valence-electron chi connectivity index (χ4n) is 1.65. The van der Waals surface area contributed by atoms with E-state index >= 15 is 0 Å². The molecule has 0 amide bonds. The minimum atomic E-state index is 0.547. The van der Waals surface area contributed by atoms with E-state index in [0.29, 0.717) is 6.04 Å². The molecular formula is C16H17N. The van der Waals surface area contributed by atoms with Crippen molar-refractivity contribution in [2.24, 2.45) is 0 Å². The third-order valence-corrected chi connectivity index (χ3v) is 2.76. The lowest BCUT2D eigenvalue weighted by Gasteiger charge is -2.25. The SMILES string of the molecule is CC(C)N1C=CC(C#Cc2ccccc2)=CC1. The highest BCUT2D eigenvalue weighted by atomic mass is 15.1. The van der Waals surface area contributed by atoms with E-state index in [4.69, 9.17) is 0 Å². The number of allylic oxidation sites excluding steroid dienone is 2. The van der Waals surface area contributed by atoms with Crippen LogP contribution in [0.4, 0.5) is 0 Å². The van der Waals surface area contributed by atoms with E-state index in [-0.39, 0.29) is 0 Å². The first-order valence-electron chi connectivity index (χ1n) is 5.97. The van der Waals surface area contributed by atoms with Gasteiger partial charge in [0.05, 0.1) is 0 Å². The number of hydrogen-bond acceptors (Lipinski definition) is 1. The largest absolute Gasteiger partial charge is 0.371 e. The van der Waals surface area contributed by atoms with Crippen molar-refractivity contribution in [3.05, 3.63) is 59.8 Å². The summed E-state index contributed by atoms with van der Waals surface area (Å²) < 4.78 is 0. The zero-order valence-electron chi connectivity index (χ0n) is 10.4. The molecule has 0 radical (unpaired) electrons. The number of nitrogens with zero attached hydrogens (tertiary/aromatic N) is 1. The van der Waals surface area contributed by atoms with Crippen LogP contribution in [0.1, 0.15) is 19.4 Å². The first-order valence-corrected chi connectivity index (χ1v) is 5.97. The molecule has 0 aromatic heterocycles. The molecule has 1 aromatic carbocycles. The summed E-state index contributed by atoms with van der Waals surface area (Å²) in [6.07, 6.45) is 6.38. The van der Waals surface area contributed by atoms with Crippen molar-refractivity contribution in [3.8, 4) is 11.8 Å². The summed E-state index contributed by atoms with van der Waals surface area (Å²) >= 11 is 0. The van der Waals surface area contributed by atoms with Crippen molar-refractivity contribution in [2.45, 2.75) is 19.9 Å². The highest BCUT2D eigenvalue weighted by Gasteiger charge is 2.05. The summed E-state index contributed by atoms with van der Waals surface area (Å²) in [5, 5.41) is 0. The molecule has 1 heteroatoms. The van der Waals surface area contributed by atoms with Gasteiger partial charge in [-0.15, -0.1) is 0 Å². The van der Waals surface area contributed by atoms with Gasteiger partial charge in [-0.1, -0.05) is 30.0 Å². The summed E-state index contributed by atoms with van der Waals surface area (Å²) in [7, 11) is 0. The lowest BCUT2D eigenvalue weighted by molar-refractivity contribution is 0.339. The molecule has 0 spiro atoms. The Kier molecular flexibility index (Phi) is 3.67. The summed E-state index contributed by atoms with van der Waals surface area (Å²) in [6, 6.07) is 10.6. The van der Waals surface area contributed by atoms with Gasteiger partial charge in [-0.25, -0.2) is 0 Å². The van der Waals surface area contributed by atoms with Crippen molar-refractivity contribution in [1.29, 1.82) is 0 Å². The molecule has 0 atom stereocenters. The minimum Gasteiger partial charge on any atom is -0.371 e. The first kappa shape index (κ1) is 11.5. The van der Waals surface area contributed by atoms with E-state index in [2.05, 4.69) is 48.9 Å². The third kappa shape index (κ3) is 3.26. The van der Waals surface area contributed by atoms with E-state index in [1.165, 1.54) is 0 Å². The van der Waals surface area contributed by atoms with E-state index in [1.807, 2.05) is 30.3 Å². The van der Waals surface area contributed by atoms with Gasteiger partial charge in [-0.2, -0.15) is 0 Å². The second kappa shape index (κ2) is 5.41. The molecule has 1 aliphatic heterocycles. The molecule has 0 saturated carbocycles. The van der Waals surface area contributed by atoms with Gasteiger partial charge in [-0.05, 0) is 38.1 Å². The fourth-order valence-corrected chi connectivity index (χ4v) is 1.65. The van der Waals surface area contributed by atoms with E-state index in [1.54, 1.807) is 0 Å². The minimum absolute atomic E-state index is 0.547. The molecule has 86 valence electrons. The summed E-state index contributed by atoms with van der Waals surface area (Å²) in [4.78, 5) is 2.29. The molecule has 17 heavy (non-hydrogen) atoms. The highest BCUT2D eigenvalue weighted by Crippen LogP contribution is 2.09. The van der Waals surface area contributed by atoms with Crippen LogP contribution >= 0.6 is 0 Å². The van der Waals surface area contributed by atoms with Crippen LogP contribution in [0, 0.1) is 11.8 Å². The molecule has 2 rings (SSSR count). The van der Waals surface area contributed by atoms with Crippen LogP contribution in [0.15, 0.2) is 54.3 Å². The molecule has 1 nitrogen and oxygen atoms in total. The van der Waals surface area contributed by atoms with Crippen LogP contribution in [0.5, 0.6) is 0 Å². The summed E-state index contributed by atoms with van der Waals surface area (Å²) in [6.45, 7) is 5.34. The van der Waals surface area contributed by atoms with Gasteiger partial charge < -0.3 is 4.90 Å². The van der Waals surface area contributed by atoms with Crippen molar-refractivity contribution in [3.63, 3.8) is 0 Å². The number of hydrogen-bond donors (Lipinski definition) is 0. The normalized spacial score (nSPS) is 14.3. The van der Waals surface area contributed by atoms with Crippen LogP contribution in [-0.2, 0) is 0 Å². The maximum atomic E-state index is 3.19. The Balaban J connectivity index is 2.04. The van der Waals surface area contributed by atoms with E-state index < -0.39 is 0 Å². The maximum Gasteiger partial charge on any atom is 0.0371 e.